The summed E-state index contributed by atoms with van der Waals surface area (Å²) in [6.45, 7) is 1.01. The van der Waals surface area contributed by atoms with E-state index >= 15 is 0 Å². The van der Waals surface area contributed by atoms with E-state index in [1.807, 2.05) is 60.7 Å². The Morgan fingerprint density at radius 2 is 0.962 bits per heavy atom. The van der Waals surface area contributed by atoms with Crippen molar-refractivity contribution in [1.82, 2.24) is 0 Å². The number of aliphatic carboxylic acids is 3. The Bertz CT molecular complexity index is 604. The second-order valence-electron chi connectivity index (χ2n) is 4.75. The lowest BCUT2D eigenvalue weighted by Crippen LogP contribution is -2.11. The van der Waals surface area contributed by atoms with E-state index in [0.717, 1.165) is 18.3 Å². The highest BCUT2D eigenvalue weighted by atomic mass is 16.4. The molecule has 8 heteroatoms. The number of para-hydroxylation sites is 2. The van der Waals surface area contributed by atoms with Gasteiger partial charge in [0, 0.05) is 18.3 Å². The van der Waals surface area contributed by atoms with Crippen LogP contribution in [0.5, 0.6) is 0 Å². The number of nitrogens with one attached hydrogen (secondary N) is 2. The molecule has 26 heavy (non-hydrogen) atoms. The Hall–Kier alpha value is -3.55. The molecule has 0 aliphatic heterocycles. The smallest absolute Gasteiger partial charge is 0.322 e. The number of carboxylic acid groups (broad SMARTS) is 3. The second-order valence-corrected chi connectivity index (χ2v) is 4.75. The van der Waals surface area contributed by atoms with Gasteiger partial charge in [0.15, 0.2) is 0 Å². The third kappa shape index (κ3) is 15.3. The third-order valence-corrected chi connectivity index (χ3v) is 2.44. The lowest BCUT2D eigenvalue weighted by Gasteiger charge is -2.00. The quantitative estimate of drug-likeness (QED) is 0.529. The fraction of sp³-hybridized carbons (Fsp3) is 0.167. The van der Waals surface area contributed by atoms with Crippen molar-refractivity contribution in [2.24, 2.45) is 0 Å². The van der Waals surface area contributed by atoms with Crippen LogP contribution < -0.4 is 10.6 Å². The van der Waals surface area contributed by atoms with Gasteiger partial charge in [-0.3, -0.25) is 14.4 Å². The number of hydrogen-bond donors (Lipinski definition) is 5. The van der Waals surface area contributed by atoms with Gasteiger partial charge in [0.1, 0.15) is 13.1 Å². The van der Waals surface area contributed by atoms with Gasteiger partial charge in [0.25, 0.3) is 5.97 Å². The molecule has 5 N–H and O–H groups in total. The average Bonchev–Trinajstić information content (AvgIpc) is 2.60. The Morgan fingerprint density at radius 3 is 1.19 bits per heavy atom. The van der Waals surface area contributed by atoms with Gasteiger partial charge in [-0.25, -0.2) is 0 Å². The molecule has 0 radical (unpaired) electrons. The molecule has 0 aliphatic rings. The molecule has 2 rings (SSSR count). The highest BCUT2D eigenvalue weighted by Gasteiger charge is 1.94. The van der Waals surface area contributed by atoms with Gasteiger partial charge < -0.3 is 26.0 Å². The molecule has 0 unspecified atom stereocenters. The van der Waals surface area contributed by atoms with Crippen LogP contribution in [0.1, 0.15) is 6.92 Å². The molecule has 2 aromatic rings. The van der Waals surface area contributed by atoms with Crippen LogP contribution in [0.15, 0.2) is 60.7 Å². The zero-order valence-electron chi connectivity index (χ0n) is 14.3. The van der Waals surface area contributed by atoms with Crippen LogP contribution in [-0.4, -0.2) is 46.3 Å². The van der Waals surface area contributed by atoms with Crippen molar-refractivity contribution in [2.45, 2.75) is 6.92 Å². The van der Waals surface area contributed by atoms with Crippen LogP contribution in [0, 0.1) is 0 Å². The first-order valence-electron chi connectivity index (χ1n) is 7.52. The molecule has 0 aromatic heterocycles. The van der Waals surface area contributed by atoms with E-state index in [9.17, 15) is 9.59 Å². The molecule has 8 nitrogen and oxygen atoms in total. The van der Waals surface area contributed by atoms with Gasteiger partial charge >= 0.3 is 11.9 Å². The molecule has 0 atom stereocenters. The molecule has 0 aliphatic carbocycles. The van der Waals surface area contributed by atoms with Crippen molar-refractivity contribution < 1.29 is 29.7 Å². The monoisotopic (exact) mass is 362 g/mol. The Labute approximate surface area is 151 Å². The molecule has 0 saturated carbocycles. The van der Waals surface area contributed by atoms with Crippen molar-refractivity contribution >= 4 is 29.3 Å². The first kappa shape index (κ1) is 22.4. The molecular formula is C18H22N2O6. The highest BCUT2D eigenvalue weighted by Crippen LogP contribution is 2.03. The van der Waals surface area contributed by atoms with Gasteiger partial charge in [0.05, 0.1) is 0 Å². The van der Waals surface area contributed by atoms with E-state index in [-0.39, 0.29) is 13.1 Å². The minimum absolute atomic E-state index is 0.0377. The number of rotatable bonds is 6. The van der Waals surface area contributed by atoms with Crippen molar-refractivity contribution in [3.63, 3.8) is 0 Å². The van der Waals surface area contributed by atoms with Crippen LogP contribution in [0.2, 0.25) is 0 Å². The summed E-state index contributed by atoms with van der Waals surface area (Å²) in [4.78, 5) is 29.2. The van der Waals surface area contributed by atoms with Crippen molar-refractivity contribution in [2.75, 3.05) is 23.7 Å². The maximum atomic E-state index is 10.1. The zero-order valence-corrected chi connectivity index (χ0v) is 14.3. The summed E-state index contributed by atoms with van der Waals surface area (Å²) in [5.41, 5.74) is 1.66. The predicted octanol–water partition coefficient (Wildman–Crippen LogP) is 2.46. The lowest BCUT2D eigenvalue weighted by molar-refractivity contribution is -0.135. The van der Waals surface area contributed by atoms with Gasteiger partial charge in [-0.15, -0.1) is 0 Å². The summed E-state index contributed by atoms with van der Waals surface area (Å²) in [5, 5.41) is 29.5. The molecule has 0 heterocycles. The number of benzene rings is 2. The molecule has 2 aromatic carbocycles. The standard InChI is InChI=1S/2C8H9NO2.C2H4O2/c2*10-8(11)6-9-7-4-2-1-3-5-7;1-2(3)4/h2*1-5,9H,6H2,(H,10,11);1H3,(H,3,4). The summed E-state index contributed by atoms with van der Waals surface area (Å²) in [6.07, 6.45) is 0. The van der Waals surface area contributed by atoms with E-state index in [1.54, 1.807) is 0 Å². The molecule has 0 amide bonds. The van der Waals surface area contributed by atoms with E-state index in [1.165, 1.54) is 0 Å². The average molecular weight is 362 g/mol. The first-order chi connectivity index (χ1) is 12.3. The van der Waals surface area contributed by atoms with Crippen LogP contribution in [-0.2, 0) is 14.4 Å². The SMILES string of the molecule is CC(=O)O.O=C(O)CNc1ccccc1.O=C(O)CNc1ccccc1. The first-order valence-corrected chi connectivity index (χ1v) is 7.52. The van der Waals surface area contributed by atoms with E-state index in [0.29, 0.717) is 0 Å². The molecule has 0 fully saturated rings. The molecule has 140 valence electrons. The van der Waals surface area contributed by atoms with Crippen LogP contribution >= 0.6 is 0 Å². The van der Waals surface area contributed by atoms with E-state index in [4.69, 9.17) is 20.1 Å². The Balaban J connectivity index is 0.000000401. The summed E-state index contributed by atoms with van der Waals surface area (Å²) in [7, 11) is 0. The minimum atomic E-state index is -0.853. The number of carboxylic acids is 3. The summed E-state index contributed by atoms with van der Waals surface area (Å²) >= 11 is 0. The molecule has 0 spiro atoms. The highest BCUT2D eigenvalue weighted by molar-refractivity contribution is 5.73. The Morgan fingerprint density at radius 1 is 0.692 bits per heavy atom. The predicted molar refractivity (Wildman–Crippen MR) is 98.4 cm³/mol. The third-order valence-electron chi connectivity index (χ3n) is 2.44. The van der Waals surface area contributed by atoms with Crippen molar-refractivity contribution in [3.05, 3.63) is 60.7 Å². The maximum Gasteiger partial charge on any atom is 0.322 e. The van der Waals surface area contributed by atoms with Crippen LogP contribution in [0.4, 0.5) is 11.4 Å². The van der Waals surface area contributed by atoms with E-state index in [2.05, 4.69) is 10.6 Å². The van der Waals surface area contributed by atoms with Crippen LogP contribution in [0.3, 0.4) is 0 Å². The maximum absolute atomic E-state index is 10.1. The van der Waals surface area contributed by atoms with Gasteiger partial charge in [-0.1, -0.05) is 36.4 Å². The lowest BCUT2D eigenvalue weighted by atomic mass is 10.3. The summed E-state index contributed by atoms with van der Waals surface area (Å²) in [5.74, 6) is -2.54. The van der Waals surface area contributed by atoms with Crippen LogP contribution in [0.25, 0.3) is 0 Å². The van der Waals surface area contributed by atoms with Gasteiger partial charge in [0.2, 0.25) is 0 Å². The number of carbonyl (C=O) groups is 3. The normalized spacial score (nSPS) is 8.65. The van der Waals surface area contributed by atoms with Crippen molar-refractivity contribution in [3.8, 4) is 0 Å². The summed E-state index contributed by atoms with van der Waals surface area (Å²) < 4.78 is 0. The molecular weight excluding hydrogens is 340 g/mol. The fourth-order valence-corrected chi connectivity index (χ4v) is 1.47. The fourth-order valence-electron chi connectivity index (χ4n) is 1.47. The number of anilines is 2. The Kier molecular flexibility index (Phi) is 12.0. The van der Waals surface area contributed by atoms with Gasteiger partial charge in [-0.2, -0.15) is 0 Å². The van der Waals surface area contributed by atoms with Crippen molar-refractivity contribution in [1.29, 1.82) is 0 Å². The molecule has 0 saturated heterocycles. The summed E-state index contributed by atoms with van der Waals surface area (Å²) in [6, 6.07) is 18.5. The zero-order chi connectivity index (χ0) is 19.8. The second kappa shape index (κ2) is 13.8. The largest absolute Gasteiger partial charge is 0.481 e. The van der Waals surface area contributed by atoms with E-state index < -0.39 is 17.9 Å². The molecule has 0 bridgehead atoms. The number of hydrogen-bond acceptors (Lipinski definition) is 5. The minimum Gasteiger partial charge on any atom is -0.481 e. The van der Waals surface area contributed by atoms with Gasteiger partial charge in [-0.05, 0) is 24.3 Å². The topological polar surface area (TPSA) is 136 Å².